The smallest absolute Gasteiger partial charge is 0.335 e. The Labute approximate surface area is 102 Å². The summed E-state index contributed by atoms with van der Waals surface area (Å²) in [7, 11) is 0. The predicted octanol–water partition coefficient (Wildman–Crippen LogP) is 3.68. The van der Waals surface area contributed by atoms with Gasteiger partial charge in [0.1, 0.15) is 5.82 Å². The second-order valence-electron chi connectivity index (χ2n) is 3.37. The molecular weight excluding hydrogens is 239 g/mol. The first-order chi connectivity index (χ1) is 8.16. The van der Waals surface area contributed by atoms with Gasteiger partial charge in [0, 0.05) is 9.79 Å². The molecule has 0 unspecified atom stereocenters. The van der Waals surface area contributed by atoms with Crippen molar-refractivity contribution in [2.45, 2.75) is 9.79 Å². The normalized spacial score (nSPS) is 10.2. The minimum absolute atomic E-state index is 0.200. The van der Waals surface area contributed by atoms with Crippen LogP contribution < -0.4 is 0 Å². The Morgan fingerprint density at radius 2 is 1.88 bits per heavy atom. The maximum absolute atomic E-state index is 13.4. The highest BCUT2D eigenvalue weighted by atomic mass is 32.2. The fraction of sp³-hybridized carbons (Fsp3) is 0. The van der Waals surface area contributed by atoms with Gasteiger partial charge in [-0.2, -0.15) is 0 Å². The average Bonchev–Trinajstić information content (AvgIpc) is 2.32. The molecule has 0 aliphatic heterocycles. The summed E-state index contributed by atoms with van der Waals surface area (Å²) in [5, 5.41) is 8.85. The first-order valence-corrected chi connectivity index (χ1v) is 5.74. The van der Waals surface area contributed by atoms with Gasteiger partial charge in [0.25, 0.3) is 0 Å². The number of aromatic carboxylic acids is 1. The van der Waals surface area contributed by atoms with Crippen LogP contribution in [-0.2, 0) is 0 Å². The Hall–Kier alpha value is -1.81. The van der Waals surface area contributed by atoms with Crippen LogP contribution in [0.15, 0.2) is 58.3 Å². The van der Waals surface area contributed by atoms with E-state index in [9.17, 15) is 9.18 Å². The van der Waals surface area contributed by atoms with E-state index in [1.54, 1.807) is 30.3 Å². The molecule has 0 heterocycles. The SMILES string of the molecule is O=C(O)c1cccc(Sc2ccccc2F)c1. The van der Waals surface area contributed by atoms with Gasteiger partial charge in [0.15, 0.2) is 0 Å². The molecule has 2 aromatic carbocycles. The molecule has 0 atom stereocenters. The summed E-state index contributed by atoms with van der Waals surface area (Å²) in [5.41, 5.74) is 0.200. The zero-order valence-electron chi connectivity index (χ0n) is 8.76. The van der Waals surface area contributed by atoms with Crippen molar-refractivity contribution in [2.24, 2.45) is 0 Å². The van der Waals surface area contributed by atoms with Crippen LogP contribution in [0.3, 0.4) is 0 Å². The van der Waals surface area contributed by atoms with Gasteiger partial charge in [-0.05, 0) is 30.3 Å². The van der Waals surface area contributed by atoms with E-state index in [0.717, 1.165) is 0 Å². The van der Waals surface area contributed by atoms with Crippen LogP contribution >= 0.6 is 11.8 Å². The molecule has 0 aliphatic carbocycles. The van der Waals surface area contributed by atoms with Crippen LogP contribution in [0.2, 0.25) is 0 Å². The van der Waals surface area contributed by atoms with E-state index in [0.29, 0.717) is 9.79 Å². The van der Waals surface area contributed by atoms with Crippen molar-refractivity contribution >= 4 is 17.7 Å². The number of carboxylic acid groups (broad SMARTS) is 1. The Morgan fingerprint density at radius 3 is 2.59 bits per heavy atom. The number of hydrogen-bond donors (Lipinski definition) is 1. The van der Waals surface area contributed by atoms with Crippen LogP contribution in [-0.4, -0.2) is 11.1 Å². The Bertz CT molecular complexity index is 555. The molecule has 0 aromatic heterocycles. The third kappa shape index (κ3) is 2.85. The molecule has 0 bridgehead atoms. The van der Waals surface area contributed by atoms with Crippen LogP contribution in [0.1, 0.15) is 10.4 Å². The van der Waals surface area contributed by atoms with E-state index in [4.69, 9.17) is 5.11 Å². The summed E-state index contributed by atoms with van der Waals surface area (Å²) >= 11 is 1.21. The number of carboxylic acids is 1. The highest BCUT2D eigenvalue weighted by molar-refractivity contribution is 7.99. The minimum Gasteiger partial charge on any atom is -0.478 e. The zero-order chi connectivity index (χ0) is 12.3. The molecule has 2 aromatic rings. The predicted molar refractivity (Wildman–Crippen MR) is 63.9 cm³/mol. The van der Waals surface area contributed by atoms with Gasteiger partial charge in [-0.1, -0.05) is 30.0 Å². The van der Waals surface area contributed by atoms with Crippen LogP contribution in [0.25, 0.3) is 0 Å². The second kappa shape index (κ2) is 5.01. The molecular formula is C13H9FO2S. The van der Waals surface area contributed by atoms with Gasteiger partial charge >= 0.3 is 5.97 Å². The van der Waals surface area contributed by atoms with Gasteiger partial charge < -0.3 is 5.11 Å². The maximum Gasteiger partial charge on any atom is 0.335 e. The number of rotatable bonds is 3. The molecule has 0 amide bonds. The highest BCUT2D eigenvalue weighted by Crippen LogP contribution is 2.29. The van der Waals surface area contributed by atoms with Crippen molar-refractivity contribution in [2.75, 3.05) is 0 Å². The van der Waals surface area contributed by atoms with Crippen molar-refractivity contribution in [3.8, 4) is 0 Å². The molecule has 0 spiro atoms. The van der Waals surface area contributed by atoms with E-state index >= 15 is 0 Å². The Balaban J connectivity index is 2.28. The minimum atomic E-state index is -0.985. The first kappa shape index (κ1) is 11.7. The fourth-order valence-corrected chi connectivity index (χ4v) is 2.25. The lowest BCUT2D eigenvalue weighted by Gasteiger charge is -2.03. The lowest BCUT2D eigenvalue weighted by atomic mass is 10.2. The molecule has 0 fully saturated rings. The molecule has 1 N–H and O–H groups in total. The van der Waals surface area contributed by atoms with E-state index in [1.165, 1.54) is 30.0 Å². The summed E-state index contributed by atoms with van der Waals surface area (Å²) in [4.78, 5) is 12.0. The molecule has 2 rings (SSSR count). The van der Waals surface area contributed by atoms with Gasteiger partial charge in [0.05, 0.1) is 5.56 Å². The maximum atomic E-state index is 13.4. The van der Waals surface area contributed by atoms with Crippen molar-refractivity contribution in [1.29, 1.82) is 0 Å². The van der Waals surface area contributed by atoms with Crippen LogP contribution in [0.5, 0.6) is 0 Å². The van der Waals surface area contributed by atoms with Crippen molar-refractivity contribution in [3.63, 3.8) is 0 Å². The van der Waals surface area contributed by atoms with Crippen molar-refractivity contribution in [1.82, 2.24) is 0 Å². The van der Waals surface area contributed by atoms with Gasteiger partial charge in [-0.3, -0.25) is 0 Å². The second-order valence-corrected chi connectivity index (χ2v) is 4.48. The number of halogens is 1. The average molecular weight is 248 g/mol. The third-order valence-electron chi connectivity index (χ3n) is 2.15. The van der Waals surface area contributed by atoms with Gasteiger partial charge in [-0.25, -0.2) is 9.18 Å². The quantitative estimate of drug-likeness (QED) is 0.900. The van der Waals surface area contributed by atoms with Crippen molar-refractivity contribution in [3.05, 3.63) is 59.9 Å². The van der Waals surface area contributed by atoms with Crippen LogP contribution in [0, 0.1) is 5.82 Å². The standard InChI is InChI=1S/C13H9FO2S/c14-11-6-1-2-7-12(11)17-10-5-3-4-9(8-10)13(15)16/h1-8H,(H,15,16). The summed E-state index contributed by atoms with van der Waals surface area (Å²) in [5.74, 6) is -1.29. The lowest BCUT2D eigenvalue weighted by Crippen LogP contribution is -1.95. The van der Waals surface area contributed by atoms with E-state index in [1.807, 2.05) is 0 Å². The monoisotopic (exact) mass is 248 g/mol. The molecule has 0 saturated carbocycles. The largest absolute Gasteiger partial charge is 0.478 e. The zero-order valence-corrected chi connectivity index (χ0v) is 9.58. The van der Waals surface area contributed by atoms with Gasteiger partial charge in [-0.15, -0.1) is 0 Å². The number of carbonyl (C=O) groups is 1. The fourth-order valence-electron chi connectivity index (χ4n) is 1.35. The topological polar surface area (TPSA) is 37.3 Å². The van der Waals surface area contributed by atoms with E-state index < -0.39 is 5.97 Å². The molecule has 0 aliphatic rings. The summed E-state index contributed by atoms with van der Waals surface area (Å²) < 4.78 is 13.4. The molecule has 86 valence electrons. The molecule has 0 saturated heterocycles. The van der Waals surface area contributed by atoms with Crippen LogP contribution in [0.4, 0.5) is 4.39 Å². The molecule has 2 nitrogen and oxygen atoms in total. The Morgan fingerprint density at radius 1 is 1.12 bits per heavy atom. The lowest BCUT2D eigenvalue weighted by molar-refractivity contribution is 0.0696. The summed E-state index contributed by atoms with van der Waals surface area (Å²) in [6, 6.07) is 12.8. The van der Waals surface area contributed by atoms with E-state index in [2.05, 4.69) is 0 Å². The number of benzene rings is 2. The summed E-state index contributed by atoms with van der Waals surface area (Å²) in [6.45, 7) is 0. The molecule has 0 radical (unpaired) electrons. The van der Waals surface area contributed by atoms with Crippen molar-refractivity contribution < 1.29 is 14.3 Å². The molecule has 17 heavy (non-hydrogen) atoms. The summed E-state index contributed by atoms with van der Waals surface area (Å²) in [6.07, 6.45) is 0. The van der Waals surface area contributed by atoms with Gasteiger partial charge in [0.2, 0.25) is 0 Å². The third-order valence-corrected chi connectivity index (χ3v) is 3.19. The van der Waals surface area contributed by atoms with E-state index in [-0.39, 0.29) is 11.4 Å². The highest BCUT2D eigenvalue weighted by Gasteiger charge is 2.06. The molecule has 4 heteroatoms. The Kier molecular flexibility index (Phi) is 3.44. The number of hydrogen-bond acceptors (Lipinski definition) is 2. The first-order valence-electron chi connectivity index (χ1n) is 4.92.